The molecule has 0 radical (unpaired) electrons. The van der Waals surface area contributed by atoms with E-state index in [1.807, 2.05) is 24.3 Å². The number of amides is 1. The van der Waals surface area contributed by atoms with Crippen molar-refractivity contribution in [2.24, 2.45) is 0 Å². The zero-order valence-electron chi connectivity index (χ0n) is 17.7. The molecule has 0 unspecified atom stereocenters. The molecule has 10 heteroatoms. The van der Waals surface area contributed by atoms with E-state index < -0.39 is 34.2 Å². The molecule has 0 atom stereocenters. The Morgan fingerprint density at radius 1 is 1.00 bits per heavy atom. The highest BCUT2D eigenvalue weighted by Gasteiger charge is 2.30. The van der Waals surface area contributed by atoms with Crippen molar-refractivity contribution >= 4 is 21.6 Å². The summed E-state index contributed by atoms with van der Waals surface area (Å²) in [5, 5.41) is 2.66. The van der Waals surface area contributed by atoms with Crippen LogP contribution in [0.1, 0.15) is 29.5 Å². The topological polar surface area (TPSA) is 69.7 Å². The van der Waals surface area contributed by atoms with E-state index in [0.29, 0.717) is 0 Å². The first kappa shape index (κ1) is 24.1. The Morgan fingerprint density at radius 2 is 1.56 bits per heavy atom. The van der Waals surface area contributed by atoms with Gasteiger partial charge >= 0.3 is 6.18 Å². The van der Waals surface area contributed by atoms with E-state index in [1.54, 1.807) is 0 Å². The fourth-order valence-electron chi connectivity index (χ4n) is 3.57. The summed E-state index contributed by atoms with van der Waals surface area (Å²) in [4.78, 5) is 14.8. The van der Waals surface area contributed by atoms with Crippen LogP contribution in [0, 0.1) is 0 Å². The van der Waals surface area contributed by atoms with Gasteiger partial charge in [-0.2, -0.15) is 13.2 Å². The summed E-state index contributed by atoms with van der Waals surface area (Å²) in [5.74, 6) is -0.559. The Kier molecular flexibility index (Phi) is 7.45. The number of nitrogens with zero attached hydrogens (tertiary/aromatic N) is 2. The normalized spacial score (nSPS) is 15.0. The molecule has 1 heterocycles. The van der Waals surface area contributed by atoms with Crippen LogP contribution < -0.4 is 9.62 Å². The Labute approximate surface area is 186 Å². The van der Waals surface area contributed by atoms with Gasteiger partial charge in [-0.1, -0.05) is 24.3 Å². The van der Waals surface area contributed by atoms with Crippen molar-refractivity contribution in [3.63, 3.8) is 0 Å². The number of benzene rings is 2. The van der Waals surface area contributed by atoms with E-state index in [4.69, 9.17) is 0 Å². The first-order valence-corrected chi connectivity index (χ1v) is 12.1. The molecule has 1 aliphatic rings. The number of likely N-dealkylation sites (tertiary alicyclic amines) is 1. The average Bonchev–Trinajstić information content (AvgIpc) is 3.23. The number of hydrogen-bond donors (Lipinski definition) is 1. The Bertz CT molecular complexity index is 1020. The lowest BCUT2D eigenvalue weighted by Gasteiger charge is -2.22. The van der Waals surface area contributed by atoms with E-state index in [0.717, 1.165) is 60.0 Å². The zero-order chi connectivity index (χ0) is 23.4. The molecule has 1 fully saturated rings. The SMILES string of the molecule is CS(=O)(=O)N(CC(=O)NCc1ccc(CN2CCCC2)cc1)c1ccc(C(F)(F)F)cc1. The molecule has 0 aromatic heterocycles. The molecule has 174 valence electrons. The number of sulfonamides is 1. The first-order valence-electron chi connectivity index (χ1n) is 10.2. The molecule has 6 nitrogen and oxygen atoms in total. The van der Waals surface area contributed by atoms with Crippen LogP contribution in [0.15, 0.2) is 48.5 Å². The van der Waals surface area contributed by atoms with Crippen LogP contribution in [0.25, 0.3) is 0 Å². The summed E-state index contributed by atoms with van der Waals surface area (Å²) >= 11 is 0. The van der Waals surface area contributed by atoms with Crippen molar-refractivity contribution in [1.29, 1.82) is 0 Å². The smallest absolute Gasteiger partial charge is 0.350 e. The fourth-order valence-corrected chi connectivity index (χ4v) is 4.42. The maximum Gasteiger partial charge on any atom is 0.416 e. The van der Waals surface area contributed by atoms with Gasteiger partial charge < -0.3 is 5.32 Å². The minimum Gasteiger partial charge on any atom is -0.350 e. The molecule has 1 aliphatic heterocycles. The molecule has 0 bridgehead atoms. The maximum absolute atomic E-state index is 12.8. The molecule has 0 spiro atoms. The number of halogens is 3. The van der Waals surface area contributed by atoms with Gasteiger partial charge in [0, 0.05) is 13.1 Å². The lowest BCUT2D eigenvalue weighted by Crippen LogP contribution is -2.40. The molecule has 2 aromatic rings. The van der Waals surface area contributed by atoms with Crippen LogP contribution in [-0.2, 0) is 34.1 Å². The number of alkyl halides is 3. The molecule has 0 saturated carbocycles. The molecule has 1 saturated heterocycles. The summed E-state index contributed by atoms with van der Waals surface area (Å²) in [7, 11) is -3.87. The largest absolute Gasteiger partial charge is 0.416 e. The highest BCUT2D eigenvalue weighted by atomic mass is 32.2. The van der Waals surface area contributed by atoms with Gasteiger partial charge in [-0.3, -0.25) is 14.0 Å². The number of anilines is 1. The number of carbonyl (C=O) groups excluding carboxylic acids is 1. The summed E-state index contributed by atoms with van der Waals surface area (Å²) < 4.78 is 63.3. The van der Waals surface area contributed by atoms with E-state index in [9.17, 15) is 26.4 Å². The monoisotopic (exact) mass is 469 g/mol. The molecule has 3 rings (SSSR count). The lowest BCUT2D eigenvalue weighted by atomic mass is 10.1. The van der Waals surface area contributed by atoms with E-state index >= 15 is 0 Å². The van der Waals surface area contributed by atoms with Crippen LogP contribution in [0.4, 0.5) is 18.9 Å². The highest BCUT2D eigenvalue weighted by Crippen LogP contribution is 2.31. The van der Waals surface area contributed by atoms with Crippen molar-refractivity contribution in [3.05, 3.63) is 65.2 Å². The van der Waals surface area contributed by atoms with E-state index in [-0.39, 0.29) is 12.2 Å². The van der Waals surface area contributed by atoms with Crippen molar-refractivity contribution in [2.45, 2.75) is 32.1 Å². The highest BCUT2D eigenvalue weighted by molar-refractivity contribution is 7.92. The number of nitrogens with one attached hydrogen (secondary N) is 1. The van der Waals surface area contributed by atoms with Gasteiger partial charge in [-0.15, -0.1) is 0 Å². The number of hydrogen-bond acceptors (Lipinski definition) is 4. The predicted molar refractivity (Wildman–Crippen MR) is 116 cm³/mol. The van der Waals surface area contributed by atoms with Gasteiger partial charge in [0.25, 0.3) is 0 Å². The second-order valence-electron chi connectivity index (χ2n) is 7.89. The Hall–Kier alpha value is -2.59. The van der Waals surface area contributed by atoms with Crippen molar-refractivity contribution < 1.29 is 26.4 Å². The van der Waals surface area contributed by atoms with Gasteiger partial charge in [-0.25, -0.2) is 8.42 Å². The molecule has 2 aromatic carbocycles. The van der Waals surface area contributed by atoms with Crippen LogP contribution >= 0.6 is 0 Å². The van der Waals surface area contributed by atoms with Gasteiger partial charge in [-0.05, 0) is 61.3 Å². The van der Waals surface area contributed by atoms with Gasteiger partial charge in [0.15, 0.2) is 0 Å². The minimum absolute atomic E-state index is 0.0121. The summed E-state index contributed by atoms with van der Waals surface area (Å²) in [6.45, 7) is 2.79. The van der Waals surface area contributed by atoms with Crippen LogP contribution in [-0.4, -0.2) is 45.1 Å². The molecular weight excluding hydrogens is 443 g/mol. The van der Waals surface area contributed by atoms with Crippen LogP contribution in [0.5, 0.6) is 0 Å². The van der Waals surface area contributed by atoms with E-state index in [2.05, 4.69) is 10.2 Å². The summed E-state index contributed by atoms with van der Waals surface area (Å²) in [6.07, 6.45) is -1.19. The molecule has 1 amide bonds. The third-order valence-electron chi connectivity index (χ3n) is 5.29. The average molecular weight is 470 g/mol. The quantitative estimate of drug-likeness (QED) is 0.644. The van der Waals surface area contributed by atoms with Crippen molar-refractivity contribution in [1.82, 2.24) is 10.2 Å². The Morgan fingerprint density at radius 3 is 2.09 bits per heavy atom. The number of rotatable bonds is 8. The molecule has 32 heavy (non-hydrogen) atoms. The Balaban J connectivity index is 1.58. The standard InChI is InChI=1S/C22H26F3N3O3S/c1-32(30,31)28(20-10-8-19(9-11-20)22(23,24)25)16-21(29)26-14-17-4-6-18(7-5-17)15-27-12-2-3-13-27/h4-11H,2-3,12-16H2,1H3,(H,26,29). The second kappa shape index (κ2) is 9.91. The lowest BCUT2D eigenvalue weighted by molar-refractivity contribution is -0.137. The summed E-state index contributed by atoms with van der Waals surface area (Å²) in [6, 6.07) is 11.5. The van der Waals surface area contributed by atoms with Crippen molar-refractivity contribution in [3.8, 4) is 0 Å². The van der Waals surface area contributed by atoms with Crippen molar-refractivity contribution in [2.75, 3.05) is 30.2 Å². The second-order valence-corrected chi connectivity index (χ2v) is 9.80. The summed E-state index contributed by atoms with van der Waals surface area (Å²) in [5.41, 5.74) is 1.14. The van der Waals surface area contributed by atoms with Gasteiger partial charge in [0.1, 0.15) is 6.54 Å². The van der Waals surface area contributed by atoms with Crippen LogP contribution in [0.2, 0.25) is 0 Å². The number of carbonyl (C=O) groups is 1. The fraction of sp³-hybridized carbons (Fsp3) is 0.409. The predicted octanol–water partition coefficient (Wildman–Crippen LogP) is 3.38. The van der Waals surface area contributed by atoms with E-state index in [1.165, 1.54) is 18.4 Å². The van der Waals surface area contributed by atoms with Gasteiger partial charge in [0.2, 0.25) is 15.9 Å². The zero-order valence-corrected chi connectivity index (χ0v) is 18.5. The minimum atomic E-state index is -4.53. The maximum atomic E-state index is 12.8. The molecular formula is C22H26F3N3O3S. The molecule has 0 aliphatic carbocycles. The molecule has 1 N–H and O–H groups in total. The third-order valence-corrected chi connectivity index (χ3v) is 6.43. The first-order chi connectivity index (χ1) is 15.0. The van der Waals surface area contributed by atoms with Crippen LogP contribution in [0.3, 0.4) is 0 Å². The third kappa shape index (κ3) is 6.70. The van der Waals surface area contributed by atoms with Gasteiger partial charge in [0.05, 0.1) is 17.5 Å².